The quantitative estimate of drug-likeness (QED) is 0.265. The molecule has 0 saturated heterocycles. The normalized spacial score (nSPS) is 10.8. The van der Waals surface area contributed by atoms with E-state index in [4.69, 9.17) is 20.9 Å². The number of aromatic nitrogens is 4. The molecule has 2 N–H and O–H groups in total. The van der Waals surface area contributed by atoms with Crippen LogP contribution in [0.1, 0.15) is 11.1 Å². The van der Waals surface area contributed by atoms with Gasteiger partial charge < -0.3 is 24.5 Å². The lowest BCUT2D eigenvalue weighted by Gasteiger charge is -2.11. The molecule has 0 spiro atoms. The van der Waals surface area contributed by atoms with Crippen molar-refractivity contribution in [3.8, 4) is 28.7 Å². The fraction of sp³-hybridized carbons (Fsp3) is 0.111. The van der Waals surface area contributed by atoms with Crippen molar-refractivity contribution in [1.29, 1.82) is 0 Å². The summed E-state index contributed by atoms with van der Waals surface area (Å²) in [5.41, 5.74) is 4.58. The molecule has 0 radical (unpaired) electrons. The smallest absolute Gasteiger partial charge is 0.323 e. The number of anilines is 2. The number of benzene rings is 3. The largest absolute Gasteiger partial charge is 0.497 e. The van der Waals surface area contributed by atoms with E-state index < -0.39 is 0 Å². The van der Waals surface area contributed by atoms with Crippen molar-refractivity contribution >= 4 is 29.0 Å². The van der Waals surface area contributed by atoms with Crippen LogP contribution in [-0.2, 0) is 6.54 Å². The molecule has 0 unspecified atom stereocenters. The topological polar surface area (TPSA) is 107 Å². The highest BCUT2D eigenvalue weighted by Gasteiger charge is 2.13. The first kappa shape index (κ1) is 24.1. The fourth-order valence-electron chi connectivity index (χ4n) is 3.67. The predicted molar refractivity (Wildman–Crippen MR) is 142 cm³/mol. The molecule has 2 amide bonds. The molecule has 0 aliphatic carbocycles. The summed E-state index contributed by atoms with van der Waals surface area (Å²) in [6.07, 6.45) is 3.55. The molecule has 0 saturated carbocycles. The van der Waals surface area contributed by atoms with Gasteiger partial charge in [0, 0.05) is 34.7 Å². The lowest BCUT2D eigenvalue weighted by Crippen LogP contribution is -2.20. The molecule has 0 atom stereocenters. The minimum atomic E-state index is -0.342. The summed E-state index contributed by atoms with van der Waals surface area (Å²) in [7, 11) is 1.62. The van der Waals surface area contributed by atoms with Crippen molar-refractivity contribution in [2.75, 3.05) is 17.7 Å². The third-order valence-corrected chi connectivity index (χ3v) is 6.13. The molecule has 2 heterocycles. The molecule has 0 aliphatic rings. The molecule has 10 heteroatoms. The third-order valence-electron chi connectivity index (χ3n) is 5.72. The van der Waals surface area contributed by atoms with Crippen LogP contribution in [0.3, 0.4) is 0 Å². The van der Waals surface area contributed by atoms with E-state index in [-0.39, 0.29) is 6.03 Å². The number of urea groups is 1. The summed E-state index contributed by atoms with van der Waals surface area (Å²) in [5, 5.41) is 10.3. The van der Waals surface area contributed by atoms with Crippen LogP contribution in [0, 0.1) is 6.92 Å². The lowest BCUT2D eigenvalue weighted by atomic mass is 10.2. The van der Waals surface area contributed by atoms with E-state index in [0.29, 0.717) is 40.4 Å². The van der Waals surface area contributed by atoms with E-state index in [9.17, 15) is 4.79 Å². The first-order valence-electron chi connectivity index (χ1n) is 11.4. The number of methoxy groups -OCH3 is 1. The maximum Gasteiger partial charge on any atom is 0.323 e. The summed E-state index contributed by atoms with van der Waals surface area (Å²) in [4.78, 5) is 21.2. The second-order valence-electron chi connectivity index (χ2n) is 8.27. The molecular weight excluding hydrogens is 492 g/mol. The van der Waals surface area contributed by atoms with Gasteiger partial charge >= 0.3 is 6.03 Å². The molecule has 0 fully saturated rings. The SMILES string of the molecule is COc1ccc(-c2noc(-c3cn(Cc4ccc(NC(=O)Nc5cccc(Cl)c5C)cc4)cn3)n2)cc1. The van der Waals surface area contributed by atoms with Gasteiger partial charge in [-0.15, -0.1) is 0 Å². The molecule has 5 aromatic rings. The lowest BCUT2D eigenvalue weighted by molar-refractivity contribution is 0.262. The zero-order chi connectivity index (χ0) is 25.8. The van der Waals surface area contributed by atoms with Gasteiger partial charge in [0.1, 0.15) is 11.4 Å². The van der Waals surface area contributed by atoms with Crippen LogP contribution in [0.5, 0.6) is 5.75 Å². The average molecular weight is 515 g/mol. The standard InChI is InChI=1S/C27H23ClN6O3/c1-17-22(28)4-3-5-23(17)31-27(35)30-20-10-6-18(7-11-20)14-34-15-24(29-16-34)26-32-25(33-37-26)19-8-12-21(36-2)13-9-19/h3-13,15-16H,14H2,1-2H3,(H2,30,31,35). The Labute approximate surface area is 218 Å². The van der Waals surface area contributed by atoms with Crippen LogP contribution < -0.4 is 15.4 Å². The zero-order valence-corrected chi connectivity index (χ0v) is 20.9. The van der Waals surface area contributed by atoms with Gasteiger partial charge in [0.05, 0.1) is 13.4 Å². The number of amides is 2. The van der Waals surface area contributed by atoms with E-state index in [2.05, 4.69) is 25.8 Å². The second kappa shape index (κ2) is 10.5. The minimum Gasteiger partial charge on any atom is -0.497 e. The molecule has 9 nitrogen and oxygen atoms in total. The van der Waals surface area contributed by atoms with Gasteiger partial charge in [-0.2, -0.15) is 4.98 Å². The number of carbonyl (C=O) groups is 1. The van der Waals surface area contributed by atoms with Gasteiger partial charge in [0.25, 0.3) is 5.89 Å². The van der Waals surface area contributed by atoms with Gasteiger partial charge in [-0.3, -0.25) is 0 Å². The number of hydrogen-bond acceptors (Lipinski definition) is 6. The fourth-order valence-corrected chi connectivity index (χ4v) is 3.85. The monoisotopic (exact) mass is 514 g/mol. The average Bonchev–Trinajstić information content (AvgIpc) is 3.58. The van der Waals surface area contributed by atoms with Crippen LogP contribution in [0.25, 0.3) is 23.0 Å². The number of rotatable bonds is 7. The van der Waals surface area contributed by atoms with Crippen molar-refractivity contribution < 1.29 is 14.1 Å². The van der Waals surface area contributed by atoms with E-state index in [1.54, 1.807) is 31.6 Å². The minimum absolute atomic E-state index is 0.338. The molecule has 186 valence electrons. The number of imidazole rings is 1. The number of ether oxygens (including phenoxy) is 1. The third kappa shape index (κ3) is 5.62. The molecular formula is C27H23ClN6O3. The first-order valence-corrected chi connectivity index (χ1v) is 11.8. The Morgan fingerprint density at radius 2 is 1.84 bits per heavy atom. The highest BCUT2D eigenvalue weighted by molar-refractivity contribution is 6.31. The summed E-state index contributed by atoms with van der Waals surface area (Å²) < 4.78 is 12.5. The van der Waals surface area contributed by atoms with Gasteiger partial charge in [-0.1, -0.05) is 35.0 Å². The van der Waals surface area contributed by atoms with Crippen molar-refractivity contribution in [2.24, 2.45) is 0 Å². The Morgan fingerprint density at radius 1 is 1.05 bits per heavy atom. The highest BCUT2D eigenvalue weighted by atomic mass is 35.5. The molecule has 3 aromatic carbocycles. The number of nitrogens with zero attached hydrogens (tertiary/aromatic N) is 4. The maximum atomic E-state index is 12.4. The number of halogens is 1. The van der Waals surface area contributed by atoms with Crippen LogP contribution in [0.2, 0.25) is 5.02 Å². The number of hydrogen-bond donors (Lipinski definition) is 2. The summed E-state index contributed by atoms with van der Waals surface area (Å²) in [6.45, 7) is 2.44. The molecule has 0 bridgehead atoms. The zero-order valence-electron chi connectivity index (χ0n) is 20.1. The summed E-state index contributed by atoms with van der Waals surface area (Å²) in [5.74, 6) is 1.57. The Morgan fingerprint density at radius 3 is 2.59 bits per heavy atom. The maximum absolute atomic E-state index is 12.4. The highest BCUT2D eigenvalue weighted by Crippen LogP contribution is 2.24. The van der Waals surface area contributed by atoms with E-state index in [0.717, 1.165) is 22.4 Å². The van der Waals surface area contributed by atoms with Gasteiger partial charge in [0.15, 0.2) is 0 Å². The first-order chi connectivity index (χ1) is 18.0. The summed E-state index contributed by atoms with van der Waals surface area (Å²) in [6, 6.07) is 20.0. The van der Waals surface area contributed by atoms with Crippen molar-refractivity contribution in [3.63, 3.8) is 0 Å². The number of nitrogens with one attached hydrogen (secondary N) is 2. The van der Waals surface area contributed by atoms with Gasteiger partial charge in [-0.05, 0) is 66.6 Å². The van der Waals surface area contributed by atoms with E-state index in [1.807, 2.05) is 66.2 Å². The second-order valence-corrected chi connectivity index (χ2v) is 8.68. The molecule has 37 heavy (non-hydrogen) atoms. The Hall–Kier alpha value is -4.63. The number of carbonyl (C=O) groups excluding carboxylic acids is 1. The predicted octanol–water partition coefficient (Wildman–Crippen LogP) is 6.26. The van der Waals surface area contributed by atoms with E-state index >= 15 is 0 Å². The molecule has 0 aliphatic heterocycles. The van der Waals surface area contributed by atoms with Crippen molar-refractivity contribution in [1.82, 2.24) is 19.7 Å². The molecule has 5 rings (SSSR count). The van der Waals surface area contributed by atoms with Gasteiger partial charge in [0.2, 0.25) is 5.82 Å². The van der Waals surface area contributed by atoms with Crippen LogP contribution in [0.4, 0.5) is 16.2 Å². The Bertz CT molecular complexity index is 1530. The van der Waals surface area contributed by atoms with Crippen LogP contribution in [-0.4, -0.2) is 32.8 Å². The van der Waals surface area contributed by atoms with Crippen LogP contribution in [0.15, 0.2) is 83.8 Å². The molecule has 2 aromatic heterocycles. The van der Waals surface area contributed by atoms with Gasteiger partial charge in [-0.25, -0.2) is 9.78 Å². The Balaban J connectivity index is 1.19. The van der Waals surface area contributed by atoms with Crippen molar-refractivity contribution in [3.05, 3.63) is 95.4 Å². The Kier molecular flexibility index (Phi) is 6.87. The van der Waals surface area contributed by atoms with Crippen LogP contribution >= 0.6 is 11.6 Å². The summed E-state index contributed by atoms with van der Waals surface area (Å²) >= 11 is 6.12. The van der Waals surface area contributed by atoms with E-state index in [1.165, 1.54) is 0 Å². The van der Waals surface area contributed by atoms with Crippen molar-refractivity contribution in [2.45, 2.75) is 13.5 Å².